The van der Waals surface area contributed by atoms with Crippen molar-refractivity contribution in [2.24, 2.45) is 0 Å². The minimum Gasteiger partial charge on any atom is -0.321 e. The molecule has 150 valence electrons. The number of nitrogens with zero attached hydrogens (tertiary/aromatic N) is 1. The minimum absolute atomic E-state index is 0.197. The largest absolute Gasteiger partial charge is 0.321 e. The summed E-state index contributed by atoms with van der Waals surface area (Å²) in [7, 11) is -3.53. The second kappa shape index (κ2) is 7.61. The van der Waals surface area contributed by atoms with E-state index in [-0.39, 0.29) is 10.8 Å². The number of amides is 1. The number of sulfonamides is 1. The summed E-state index contributed by atoms with van der Waals surface area (Å²) in [6.45, 7) is 4.43. The fourth-order valence-electron chi connectivity index (χ4n) is 4.04. The van der Waals surface area contributed by atoms with Crippen molar-refractivity contribution in [2.45, 2.75) is 31.6 Å². The molecular formula is C23H24N2O3S. The fourth-order valence-corrected chi connectivity index (χ4v) is 5.50. The van der Waals surface area contributed by atoms with Crippen molar-refractivity contribution in [3.8, 4) is 0 Å². The number of hydrogen-bond acceptors (Lipinski definition) is 3. The number of rotatable bonds is 6. The van der Waals surface area contributed by atoms with Crippen molar-refractivity contribution in [1.29, 1.82) is 0 Å². The molecule has 0 radical (unpaired) electrons. The zero-order valence-electron chi connectivity index (χ0n) is 16.6. The molecule has 29 heavy (non-hydrogen) atoms. The van der Waals surface area contributed by atoms with Crippen LogP contribution in [0.25, 0.3) is 10.8 Å². The lowest BCUT2D eigenvalue weighted by Gasteiger charge is -2.18. The van der Waals surface area contributed by atoms with Crippen molar-refractivity contribution >= 4 is 32.4 Å². The van der Waals surface area contributed by atoms with E-state index in [1.807, 2.05) is 18.2 Å². The molecule has 1 N–H and O–H groups in total. The van der Waals surface area contributed by atoms with Crippen LogP contribution in [0.2, 0.25) is 0 Å². The first kappa shape index (κ1) is 19.6. The summed E-state index contributed by atoms with van der Waals surface area (Å²) in [6, 6.07) is 16.3. The summed E-state index contributed by atoms with van der Waals surface area (Å²) >= 11 is 0. The van der Waals surface area contributed by atoms with E-state index in [9.17, 15) is 13.2 Å². The highest BCUT2D eigenvalue weighted by molar-refractivity contribution is 7.89. The van der Waals surface area contributed by atoms with Gasteiger partial charge in [0.05, 0.1) is 4.90 Å². The number of carbonyl (C=O) groups is 1. The maximum Gasteiger partial charge on any atom is 0.255 e. The summed E-state index contributed by atoms with van der Waals surface area (Å²) < 4.78 is 26.6. The average molecular weight is 409 g/mol. The Labute approximate surface area is 171 Å². The average Bonchev–Trinajstić information content (AvgIpc) is 3.15. The maximum absolute atomic E-state index is 12.8. The second-order valence-corrected chi connectivity index (χ2v) is 9.12. The molecule has 0 fully saturated rings. The van der Waals surface area contributed by atoms with Crippen LogP contribution >= 0.6 is 0 Å². The van der Waals surface area contributed by atoms with Crippen molar-refractivity contribution in [1.82, 2.24) is 4.31 Å². The highest BCUT2D eigenvalue weighted by atomic mass is 32.2. The molecule has 0 heterocycles. The SMILES string of the molecule is CCN(CC)S(=O)(=O)c1ccc(C(=O)Nc2ccc3c4c(cccc24)CC3)cc1. The first-order valence-corrected chi connectivity index (χ1v) is 11.3. The second-order valence-electron chi connectivity index (χ2n) is 7.18. The fraction of sp³-hybridized carbons (Fsp3) is 0.261. The number of carbonyl (C=O) groups excluding carboxylic acids is 1. The Morgan fingerprint density at radius 3 is 2.24 bits per heavy atom. The molecule has 4 rings (SSSR count). The summed E-state index contributed by atoms with van der Waals surface area (Å²) in [5, 5.41) is 5.28. The molecule has 3 aromatic carbocycles. The molecule has 1 aliphatic rings. The molecule has 0 aliphatic heterocycles. The molecular weight excluding hydrogens is 384 g/mol. The van der Waals surface area contributed by atoms with E-state index >= 15 is 0 Å². The normalized spacial score (nSPS) is 13.2. The van der Waals surface area contributed by atoms with Crippen molar-refractivity contribution in [2.75, 3.05) is 18.4 Å². The Hall–Kier alpha value is -2.70. The molecule has 0 unspecified atom stereocenters. The van der Waals surface area contributed by atoms with Crippen LogP contribution in [0.4, 0.5) is 5.69 Å². The Bertz CT molecular complexity index is 1170. The number of anilines is 1. The summed E-state index contributed by atoms with van der Waals surface area (Å²) in [6.07, 6.45) is 2.07. The van der Waals surface area contributed by atoms with E-state index < -0.39 is 10.0 Å². The van der Waals surface area contributed by atoms with Gasteiger partial charge in [-0.1, -0.05) is 38.1 Å². The van der Waals surface area contributed by atoms with Gasteiger partial charge in [-0.05, 0) is 59.7 Å². The first-order valence-electron chi connectivity index (χ1n) is 9.90. The monoisotopic (exact) mass is 408 g/mol. The van der Waals surface area contributed by atoms with E-state index in [0.29, 0.717) is 18.7 Å². The van der Waals surface area contributed by atoms with Gasteiger partial charge in [-0.2, -0.15) is 4.31 Å². The van der Waals surface area contributed by atoms with Gasteiger partial charge in [0, 0.05) is 29.7 Å². The smallest absolute Gasteiger partial charge is 0.255 e. The van der Waals surface area contributed by atoms with Gasteiger partial charge in [0.25, 0.3) is 5.91 Å². The summed E-state index contributed by atoms with van der Waals surface area (Å²) in [4.78, 5) is 13.0. The Morgan fingerprint density at radius 2 is 1.59 bits per heavy atom. The molecule has 0 spiro atoms. The molecule has 0 saturated heterocycles. The number of nitrogens with one attached hydrogen (secondary N) is 1. The molecule has 0 aromatic heterocycles. The van der Waals surface area contributed by atoms with Crippen molar-refractivity contribution < 1.29 is 13.2 Å². The Morgan fingerprint density at radius 1 is 0.931 bits per heavy atom. The summed E-state index contributed by atoms with van der Waals surface area (Å²) in [5.74, 6) is -0.254. The van der Waals surface area contributed by atoms with Crippen LogP contribution in [0, 0.1) is 0 Å². The molecule has 3 aromatic rings. The third-order valence-corrected chi connectivity index (χ3v) is 7.65. The molecule has 0 atom stereocenters. The predicted molar refractivity (Wildman–Crippen MR) is 116 cm³/mol. The number of benzene rings is 3. The summed E-state index contributed by atoms with van der Waals surface area (Å²) in [5.41, 5.74) is 3.84. The van der Waals surface area contributed by atoms with E-state index in [1.54, 1.807) is 26.0 Å². The zero-order chi connectivity index (χ0) is 20.6. The van der Waals surface area contributed by atoms with E-state index in [2.05, 4.69) is 17.4 Å². The van der Waals surface area contributed by atoms with Gasteiger partial charge in [0.1, 0.15) is 0 Å². The number of aryl methyl sites for hydroxylation is 2. The lowest BCUT2D eigenvalue weighted by atomic mass is 10.0. The van der Waals surface area contributed by atoms with E-state index in [1.165, 1.54) is 33.0 Å². The van der Waals surface area contributed by atoms with Crippen LogP contribution in [-0.4, -0.2) is 31.7 Å². The van der Waals surface area contributed by atoms with Gasteiger partial charge in [0.2, 0.25) is 10.0 Å². The lowest BCUT2D eigenvalue weighted by molar-refractivity contribution is 0.102. The van der Waals surface area contributed by atoms with Gasteiger partial charge in [-0.3, -0.25) is 4.79 Å². The molecule has 5 nitrogen and oxygen atoms in total. The van der Waals surface area contributed by atoms with Crippen LogP contribution < -0.4 is 5.32 Å². The molecule has 0 saturated carbocycles. The van der Waals surface area contributed by atoms with Gasteiger partial charge in [0.15, 0.2) is 0 Å². The van der Waals surface area contributed by atoms with Gasteiger partial charge < -0.3 is 5.32 Å². The van der Waals surface area contributed by atoms with Crippen LogP contribution in [0.5, 0.6) is 0 Å². The van der Waals surface area contributed by atoms with Gasteiger partial charge >= 0.3 is 0 Å². The zero-order valence-corrected chi connectivity index (χ0v) is 17.4. The van der Waals surface area contributed by atoms with Crippen molar-refractivity contribution in [3.63, 3.8) is 0 Å². The molecule has 6 heteroatoms. The van der Waals surface area contributed by atoms with Crippen LogP contribution in [0.1, 0.15) is 35.3 Å². The van der Waals surface area contributed by atoms with E-state index in [4.69, 9.17) is 0 Å². The van der Waals surface area contributed by atoms with Gasteiger partial charge in [-0.25, -0.2) is 8.42 Å². The number of hydrogen-bond donors (Lipinski definition) is 1. The van der Waals surface area contributed by atoms with Crippen molar-refractivity contribution in [3.05, 3.63) is 71.3 Å². The Kier molecular flexibility index (Phi) is 5.15. The third-order valence-electron chi connectivity index (χ3n) is 5.58. The van der Waals surface area contributed by atoms with E-state index in [0.717, 1.165) is 23.9 Å². The van der Waals surface area contributed by atoms with Crippen LogP contribution in [0.3, 0.4) is 0 Å². The lowest BCUT2D eigenvalue weighted by Crippen LogP contribution is -2.30. The molecule has 1 aliphatic carbocycles. The van der Waals surface area contributed by atoms with Crippen LogP contribution in [-0.2, 0) is 22.9 Å². The first-order chi connectivity index (χ1) is 14.0. The molecule has 1 amide bonds. The quantitative estimate of drug-likeness (QED) is 0.664. The maximum atomic E-state index is 12.8. The third kappa shape index (κ3) is 3.43. The predicted octanol–water partition coefficient (Wildman–Crippen LogP) is 4.22. The minimum atomic E-state index is -3.53. The Balaban J connectivity index is 1.60. The molecule has 0 bridgehead atoms. The standard InChI is InChI=1S/C23H24N2O3S/c1-3-25(4-2)29(27,28)19-13-10-18(11-14-19)23(26)24-21-15-12-17-9-8-16-6-5-7-20(21)22(16)17/h5-7,10-15H,3-4,8-9H2,1-2H3,(H,24,26). The topological polar surface area (TPSA) is 66.5 Å². The highest BCUT2D eigenvalue weighted by Gasteiger charge is 2.22. The van der Waals surface area contributed by atoms with Crippen LogP contribution in [0.15, 0.2) is 59.5 Å². The highest BCUT2D eigenvalue weighted by Crippen LogP contribution is 2.35. The van der Waals surface area contributed by atoms with Gasteiger partial charge in [-0.15, -0.1) is 0 Å².